The maximum absolute atomic E-state index is 5.81. The van der Waals surface area contributed by atoms with Gasteiger partial charge in [0.15, 0.2) is 11.5 Å². The average molecular weight is 286 g/mol. The highest BCUT2D eigenvalue weighted by molar-refractivity contribution is 5.43. The molecule has 0 aliphatic rings. The molecular formula is C17H22N2O2. The van der Waals surface area contributed by atoms with Crippen LogP contribution in [0.5, 0.6) is 11.5 Å². The quantitative estimate of drug-likeness (QED) is 0.810. The van der Waals surface area contributed by atoms with Crippen molar-refractivity contribution in [1.29, 1.82) is 0 Å². The molecule has 2 aromatic rings. The Hall–Kier alpha value is -2.07. The van der Waals surface area contributed by atoms with Crippen LogP contribution in [0.15, 0.2) is 42.6 Å². The van der Waals surface area contributed by atoms with Gasteiger partial charge in [-0.15, -0.1) is 0 Å². The van der Waals surface area contributed by atoms with E-state index in [2.05, 4.69) is 23.3 Å². The van der Waals surface area contributed by atoms with Crippen LogP contribution in [0.3, 0.4) is 0 Å². The third kappa shape index (κ3) is 4.76. The van der Waals surface area contributed by atoms with E-state index in [1.165, 1.54) is 5.56 Å². The van der Waals surface area contributed by atoms with Crippen molar-refractivity contribution in [3.05, 3.63) is 53.9 Å². The van der Waals surface area contributed by atoms with Crippen LogP contribution in [-0.2, 0) is 13.0 Å². The molecule has 0 bridgehead atoms. The Morgan fingerprint density at radius 2 is 2.05 bits per heavy atom. The van der Waals surface area contributed by atoms with Crippen LogP contribution < -0.4 is 14.8 Å². The minimum Gasteiger partial charge on any atom is -0.493 e. The highest BCUT2D eigenvalue weighted by atomic mass is 16.5. The number of ether oxygens (including phenoxy) is 2. The van der Waals surface area contributed by atoms with Crippen molar-refractivity contribution in [3.8, 4) is 11.5 Å². The van der Waals surface area contributed by atoms with Gasteiger partial charge in [-0.25, -0.2) is 0 Å². The maximum atomic E-state index is 5.81. The van der Waals surface area contributed by atoms with E-state index in [1.54, 1.807) is 13.3 Å². The van der Waals surface area contributed by atoms with Crippen molar-refractivity contribution in [2.24, 2.45) is 0 Å². The lowest BCUT2D eigenvalue weighted by Gasteiger charge is -2.12. The van der Waals surface area contributed by atoms with Crippen LogP contribution in [0.1, 0.15) is 18.2 Å². The smallest absolute Gasteiger partial charge is 0.161 e. The number of nitrogens with one attached hydrogen (secondary N) is 1. The number of rotatable bonds is 8. The molecule has 1 aromatic carbocycles. The van der Waals surface area contributed by atoms with Gasteiger partial charge in [-0.05, 0) is 36.4 Å². The lowest BCUT2D eigenvalue weighted by Crippen LogP contribution is -2.12. The number of methoxy groups -OCH3 is 1. The second-order valence-corrected chi connectivity index (χ2v) is 4.69. The average Bonchev–Trinajstić information content (AvgIpc) is 2.54. The van der Waals surface area contributed by atoms with Gasteiger partial charge in [0.1, 0.15) is 0 Å². The molecule has 0 fully saturated rings. The summed E-state index contributed by atoms with van der Waals surface area (Å²) in [6.45, 7) is 4.46. The maximum Gasteiger partial charge on any atom is 0.161 e. The van der Waals surface area contributed by atoms with Crippen molar-refractivity contribution in [3.63, 3.8) is 0 Å². The summed E-state index contributed by atoms with van der Waals surface area (Å²) < 4.78 is 11.2. The minimum absolute atomic E-state index is 0.583. The van der Waals surface area contributed by atoms with Crippen molar-refractivity contribution in [2.45, 2.75) is 19.9 Å². The molecule has 0 atom stereocenters. The van der Waals surface area contributed by atoms with Gasteiger partial charge in [0, 0.05) is 24.9 Å². The molecule has 1 heterocycles. The van der Waals surface area contributed by atoms with Crippen molar-refractivity contribution >= 4 is 0 Å². The monoisotopic (exact) mass is 286 g/mol. The first-order chi connectivity index (χ1) is 10.3. The zero-order chi connectivity index (χ0) is 14.9. The Kier molecular flexibility index (Phi) is 6.03. The van der Waals surface area contributed by atoms with E-state index in [9.17, 15) is 0 Å². The van der Waals surface area contributed by atoms with E-state index < -0.39 is 0 Å². The Bertz CT molecular complexity index is 544. The molecule has 0 aliphatic heterocycles. The summed E-state index contributed by atoms with van der Waals surface area (Å²) >= 11 is 0. The molecule has 4 nitrogen and oxygen atoms in total. The standard InChI is InChI=1S/C17H22N2O2/c1-3-18-13-14-7-8-16(17(12-14)20-2)21-11-9-15-6-4-5-10-19-15/h4-8,10,12,18H,3,9,11,13H2,1-2H3. The molecule has 21 heavy (non-hydrogen) atoms. The van der Waals surface area contributed by atoms with Gasteiger partial charge in [-0.2, -0.15) is 0 Å². The van der Waals surface area contributed by atoms with Crippen LogP contribution in [0.25, 0.3) is 0 Å². The largest absolute Gasteiger partial charge is 0.493 e. The third-order valence-electron chi connectivity index (χ3n) is 3.15. The number of nitrogens with zero attached hydrogens (tertiary/aromatic N) is 1. The normalized spacial score (nSPS) is 10.4. The van der Waals surface area contributed by atoms with E-state index in [1.807, 2.05) is 30.3 Å². The van der Waals surface area contributed by atoms with Crippen molar-refractivity contribution in [2.75, 3.05) is 20.3 Å². The van der Waals surface area contributed by atoms with Crippen LogP contribution in [0, 0.1) is 0 Å². The summed E-state index contributed by atoms with van der Waals surface area (Å²) in [5.41, 5.74) is 2.21. The van der Waals surface area contributed by atoms with Gasteiger partial charge in [-0.1, -0.05) is 19.1 Å². The van der Waals surface area contributed by atoms with Gasteiger partial charge in [-0.3, -0.25) is 4.98 Å². The summed E-state index contributed by atoms with van der Waals surface area (Å²) in [7, 11) is 1.66. The molecule has 0 unspecified atom stereocenters. The number of hydrogen-bond donors (Lipinski definition) is 1. The fourth-order valence-electron chi connectivity index (χ4n) is 2.02. The molecule has 4 heteroatoms. The highest BCUT2D eigenvalue weighted by Gasteiger charge is 2.06. The summed E-state index contributed by atoms with van der Waals surface area (Å²) in [6, 6.07) is 11.9. The lowest BCUT2D eigenvalue weighted by molar-refractivity contribution is 0.296. The lowest BCUT2D eigenvalue weighted by atomic mass is 10.2. The van der Waals surface area contributed by atoms with Crippen molar-refractivity contribution < 1.29 is 9.47 Å². The zero-order valence-corrected chi connectivity index (χ0v) is 12.6. The SMILES string of the molecule is CCNCc1ccc(OCCc2ccccn2)c(OC)c1. The minimum atomic E-state index is 0.583. The summed E-state index contributed by atoms with van der Waals surface area (Å²) in [5.74, 6) is 1.54. The molecule has 1 N–H and O–H groups in total. The van der Waals surface area contributed by atoms with Crippen LogP contribution in [0.4, 0.5) is 0 Å². The Balaban J connectivity index is 1.93. The second kappa shape index (κ2) is 8.27. The van der Waals surface area contributed by atoms with Crippen LogP contribution in [-0.4, -0.2) is 25.2 Å². The van der Waals surface area contributed by atoms with E-state index in [-0.39, 0.29) is 0 Å². The summed E-state index contributed by atoms with van der Waals surface area (Å²) in [4.78, 5) is 4.28. The Morgan fingerprint density at radius 1 is 1.14 bits per heavy atom. The first-order valence-electron chi connectivity index (χ1n) is 7.24. The van der Waals surface area contributed by atoms with E-state index in [0.717, 1.165) is 36.7 Å². The predicted octanol–water partition coefficient (Wildman–Crippen LogP) is 2.82. The molecule has 112 valence electrons. The first-order valence-corrected chi connectivity index (χ1v) is 7.24. The van der Waals surface area contributed by atoms with Gasteiger partial charge in [0.2, 0.25) is 0 Å². The number of benzene rings is 1. The molecule has 1 aromatic heterocycles. The van der Waals surface area contributed by atoms with Gasteiger partial charge < -0.3 is 14.8 Å². The van der Waals surface area contributed by atoms with Gasteiger partial charge in [0.25, 0.3) is 0 Å². The fraction of sp³-hybridized carbons (Fsp3) is 0.353. The topological polar surface area (TPSA) is 43.4 Å². The Labute approximate surface area is 126 Å². The van der Waals surface area contributed by atoms with Gasteiger partial charge in [0.05, 0.1) is 13.7 Å². The molecular weight excluding hydrogens is 264 g/mol. The summed E-state index contributed by atoms with van der Waals surface area (Å²) in [6.07, 6.45) is 2.58. The third-order valence-corrected chi connectivity index (χ3v) is 3.15. The molecule has 0 aliphatic carbocycles. The first kappa shape index (κ1) is 15.3. The van der Waals surface area contributed by atoms with Crippen LogP contribution in [0.2, 0.25) is 0 Å². The van der Waals surface area contributed by atoms with E-state index in [4.69, 9.17) is 9.47 Å². The number of hydrogen-bond acceptors (Lipinski definition) is 4. The molecule has 0 spiro atoms. The second-order valence-electron chi connectivity index (χ2n) is 4.69. The predicted molar refractivity (Wildman–Crippen MR) is 83.8 cm³/mol. The zero-order valence-electron chi connectivity index (χ0n) is 12.6. The fourth-order valence-corrected chi connectivity index (χ4v) is 2.02. The van der Waals surface area contributed by atoms with E-state index in [0.29, 0.717) is 6.61 Å². The van der Waals surface area contributed by atoms with Crippen LogP contribution >= 0.6 is 0 Å². The van der Waals surface area contributed by atoms with E-state index >= 15 is 0 Å². The van der Waals surface area contributed by atoms with Gasteiger partial charge >= 0.3 is 0 Å². The van der Waals surface area contributed by atoms with Crippen molar-refractivity contribution in [1.82, 2.24) is 10.3 Å². The molecule has 2 rings (SSSR count). The molecule has 0 radical (unpaired) electrons. The molecule has 0 saturated carbocycles. The highest BCUT2D eigenvalue weighted by Crippen LogP contribution is 2.28. The molecule has 0 saturated heterocycles. The number of pyridine rings is 1. The summed E-state index contributed by atoms with van der Waals surface area (Å²) in [5, 5.41) is 3.30. The number of aromatic nitrogens is 1. The Morgan fingerprint density at radius 3 is 2.76 bits per heavy atom. The molecule has 0 amide bonds.